The smallest absolute Gasteiger partial charge is 0.279 e. The third-order valence-electron chi connectivity index (χ3n) is 3.92. The van der Waals surface area contributed by atoms with Crippen LogP contribution in [0, 0.1) is 0 Å². The monoisotopic (exact) mass is 362 g/mol. The van der Waals surface area contributed by atoms with Gasteiger partial charge in [0.2, 0.25) is 0 Å². The minimum absolute atomic E-state index is 0. The number of para-hydroxylation sites is 1. The fraction of sp³-hybridized carbons (Fsp3) is 0.278. The number of aromatic nitrogens is 1. The number of rotatable bonds is 5. The van der Waals surface area contributed by atoms with Crippen LogP contribution in [-0.2, 0) is 0 Å². The van der Waals surface area contributed by atoms with Crippen LogP contribution in [0.1, 0.15) is 12.8 Å². The van der Waals surface area contributed by atoms with Crippen molar-refractivity contribution in [2.45, 2.75) is 18.9 Å². The second kappa shape index (κ2) is 7.83. The van der Waals surface area contributed by atoms with Gasteiger partial charge < -0.3 is 14.8 Å². The Kier molecular flexibility index (Phi) is 5.56. The Morgan fingerprint density at radius 3 is 2.62 bits per heavy atom. The molecule has 3 aromatic rings. The molecule has 1 saturated heterocycles. The van der Waals surface area contributed by atoms with Crippen molar-refractivity contribution in [2.24, 2.45) is 0 Å². The highest BCUT2D eigenvalue weighted by molar-refractivity contribution is 7.20. The van der Waals surface area contributed by atoms with Gasteiger partial charge in [-0.1, -0.05) is 23.5 Å². The van der Waals surface area contributed by atoms with Crippen molar-refractivity contribution < 1.29 is 9.47 Å². The Hall–Kier alpha value is -1.82. The number of halogens is 1. The van der Waals surface area contributed by atoms with E-state index < -0.39 is 0 Å². The predicted octanol–water partition coefficient (Wildman–Crippen LogP) is 4.64. The molecule has 126 valence electrons. The van der Waals surface area contributed by atoms with E-state index in [1.54, 1.807) is 11.3 Å². The molecule has 2 aromatic carbocycles. The third-order valence-corrected chi connectivity index (χ3v) is 4.83. The van der Waals surface area contributed by atoms with E-state index in [-0.39, 0.29) is 12.4 Å². The van der Waals surface area contributed by atoms with Crippen LogP contribution in [0.5, 0.6) is 16.7 Å². The van der Waals surface area contributed by atoms with Crippen LogP contribution >= 0.6 is 23.7 Å². The van der Waals surface area contributed by atoms with E-state index in [1.807, 2.05) is 48.5 Å². The van der Waals surface area contributed by atoms with E-state index in [0.29, 0.717) is 11.2 Å². The van der Waals surface area contributed by atoms with Gasteiger partial charge in [-0.2, -0.15) is 0 Å². The molecule has 24 heavy (non-hydrogen) atoms. The lowest BCUT2D eigenvalue weighted by atomic mass is 10.2. The van der Waals surface area contributed by atoms with Gasteiger partial charge >= 0.3 is 0 Å². The number of hydrogen-bond acceptors (Lipinski definition) is 5. The highest BCUT2D eigenvalue weighted by Gasteiger charge is 2.14. The summed E-state index contributed by atoms with van der Waals surface area (Å²) in [5.41, 5.74) is 0.969. The molecule has 0 bridgehead atoms. The number of hydrogen-bond donors (Lipinski definition) is 1. The summed E-state index contributed by atoms with van der Waals surface area (Å²) >= 11 is 1.55. The molecule has 0 saturated carbocycles. The summed E-state index contributed by atoms with van der Waals surface area (Å²) in [6.07, 6.45) is 2.43. The van der Waals surface area contributed by atoms with Gasteiger partial charge in [0, 0.05) is 6.04 Å². The van der Waals surface area contributed by atoms with E-state index in [2.05, 4.69) is 10.3 Å². The van der Waals surface area contributed by atoms with Crippen molar-refractivity contribution in [3.05, 3.63) is 48.5 Å². The SMILES string of the molecule is Cl.c1ccc2sc(Oc3ccc(OC[C@@H]4CCCN4)cc3)nc2c1. The maximum atomic E-state index is 5.84. The molecule has 0 radical (unpaired) electrons. The lowest BCUT2D eigenvalue weighted by molar-refractivity contribution is 0.277. The second-order valence-electron chi connectivity index (χ2n) is 5.63. The number of nitrogens with one attached hydrogen (secondary N) is 1. The lowest BCUT2D eigenvalue weighted by Crippen LogP contribution is -2.28. The van der Waals surface area contributed by atoms with Gasteiger partial charge in [0.1, 0.15) is 18.1 Å². The first-order chi connectivity index (χ1) is 11.4. The largest absolute Gasteiger partial charge is 0.492 e. The molecule has 1 N–H and O–H groups in total. The summed E-state index contributed by atoms with van der Waals surface area (Å²) in [5, 5.41) is 4.09. The Morgan fingerprint density at radius 2 is 1.88 bits per heavy atom. The minimum atomic E-state index is 0. The molecule has 4 rings (SSSR count). The number of thiazole rings is 1. The van der Waals surface area contributed by atoms with Gasteiger partial charge in [0.25, 0.3) is 5.19 Å². The maximum absolute atomic E-state index is 5.84. The molecule has 1 aliphatic heterocycles. The zero-order valence-corrected chi connectivity index (χ0v) is 14.7. The van der Waals surface area contributed by atoms with Crippen LogP contribution in [0.3, 0.4) is 0 Å². The molecular formula is C18H19ClN2O2S. The first-order valence-corrected chi connectivity index (χ1v) is 8.68. The summed E-state index contributed by atoms with van der Waals surface area (Å²) in [7, 11) is 0. The van der Waals surface area contributed by atoms with Crippen LogP contribution < -0.4 is 14.8 Å². The van der Waals surface area contributed by atoms with E-state index in [4.69, 9.17) is 9.47 Å². The average molecular weight is 363 g/mol. The van der Waals surface area contributed by atoms with Gasteiger partial charge in [-0.05, 0) is 55.8 Å². The molecule has 2 heterocycles. The number of ether oxygens (including phenoxy) is 2. The van der Waals surface area contributed by atoms with Crippen LogP contribution in [0.2, 0.25) is 0 Å². The zero-order chi connectivity index (χ0) is 15.5. The molecule has 1 aromatic heterocycles. The Morgan fingerprint density at radius 1 is 1.08 bits per heavy atom. The topological polar surface area (TPSA) is 43.4 Å². The third kappa shape index (κ3) is 3.98. The maximum Gasteiger partial charge on any atom is 0.279 e. The molecule has 0 unspecified atom stereocenters. The lowest BCUT2D eigenvalue weighted by Gasteiger charge is -2.12. The van der Waals surface area contributed by atoms with Gasteiger partial charge in [-0.25, -0.2) is 4.98 Å². The summed E-state index contributed by atoms with van der Waals surface area (Å²) < 4.78 is 12.8. The molecule has 1 aliphatic rings. The summed E-state index contributed by atoms with van der Waals surface area (Å²) in [6, 6.07) is 16.2. The quantitative estimate of drug-likeness (QED) is 0.718. The second-order valence-corrected chi connectivity index (χ2v) is 6.62. The number of fused-ring (bicyclic) bond motifs is 1. The molecule has 6 heteroatoms. The fourth-order valence-electron chi connectivity index (χ4n) is 2.70. The summed E-state index contributed by atoms with van der Waals surface area (Å²) in [4.78, 5) is 4.48. The van der Waals surface area contributed by atoms with Crippen molar-refractivity contribution in [3.8, 4) is 16.7 Å². The van der Waals surface area contributed by atoms with E-state index in [1.165, 1.54) is 12.8 Å². The highest BCUT2D eigenvalue weighted by atomic mass is 35.5. The standard InChI is InChI=1S/C18H18N2O2S.ClH/c1-2-6-17-16(5-1)20-18(23-17)22-15-9-7-14(8-10-15)21-12-13-4-3-11-19-13;/h1-2,5-10,13,19H,3-4,11-12H2;1H/t13-;/m0./s1. The van der Waals surface area contributed by atoms with Crippen molar-refractivity contribution in [3.63, 3.8) is 0 Å². The van der Waals surface area contributed by atoms with Crippen LogP contribution in [0.4, 0.5) is 0 Å². The average Bonchev–Trinajstić information content (AvgIpc) is 3.23. The number of benzene rings is 2. The van der Waals surface area contributed by atoms with Crippen LogP contribution in [0.15, 0.2) is 48.5 Å². The first-order valence-electron chi connectivity index (χ1n) is 7.86. The molecule has 1 atom stereocenters. The van der Waals surface area contributed by atoms with Crippen LogP contribution in [0.25, 0.3) is 10.2 Å². The van der Waals surface area contributed by atoms with Gasteiger partial charge in [-0.3, -0.25) is 0 Å². The van der Waals surface area contributed by atoms with Crippen molar-refractivity contribution in [2.75, 3.05) is 13.2 Å². The van der Waals surface area contributed by atoms with Crippen molar-refractivity contribution in [1.82, 2.24) is 10.3 Å². The molecule has 0 spiro atoms. The minimum Gasteiger partial charge on any atom is -0.492 e. The fourth-order valence-corrected chi connectivity index (χ4v) is 3.53. The first kappa shape index (κ1) is 17.0. The van der Waals surface area contributed by atoms with E-state index >= 15 is 0 Å². The number of nitrogens with zero attached hydrogens (tertiary/aromatic N) is 1. The highest BCUT2D eigenvalue weighted by Crippen LogP contribution is 2.31. The van der Waals surface area contributed by atoms with E-state index in [0.717, 1.165) is 34.9 Å². The Labute approximate surface area is 151 Å². The van der Waals surface area contributed by atoms with Gasteiger partial charge in [0.15, 0.2) is 0 Å². The van der Waals surface area contributed by atoms with Crippen molar-refractivity contribution >= 4 is 34.0 Å². The normalized spacial score (nSPS) is 16.8. The Bertz CT molecular complexity index is 752. The van der Waals surface area contributed by atoms with E-state index in [9.17, 15) is 0 Å². The molecule has 4 nitrogen and oxygen atoms in total. The predicted molar refractivity (Wildman–Crippen MR) is 99.9 cm³/mol. The Balaban J connectivity index is 0.00000169. The van der Waals surface area contributed by atoms with Crippen molar-refractivity contribution in [1.29, 1.82) is 0 Å². The van der Waals surface area contributed by atoms with Crippen LogP contribution in [-0.4, -0.2) is 24.2 Å². The molecule has 0 aliphatic carbocycles. The molecule has 0 amide bonds. The van der Waals surface area contributed by atoms with Gasteiger partial charge in [-0.15, -0.1) is 12.4 Å². The summed E-state index contributed by atoms with van der Waals surface area (Å²) in [6.45, 7) is 1.82. The molecule has 1 fully saturated rings. The van der Waals surface area contributed by atoms with Gasteiger partial charge in [0.05, 0.1) is 10.2 Å². The zero-order valence-electron chi connectivity index (χ0n) is 13.1. The molecular weight excluding hydrogens is 344 g/mol. The summed E-state index contributed by atoms with van der Waals surface area (Å²) in [5.74, 6) is 1.64.